The van der Waals surface area contributed by atoms with Crippen LogP contribution in [0.4, 0.5) is 0 Å². The lowest BCUT2D eigenvalue weighted by Crippen LogP contribution is -2.28. The summed E-state index contributed by atoms with van der Waals surface area (Å²) < 4.78 is 2.03. The van der Waals surface area contributed by atoms with Gasteiger partial charge in [-0.3, -0.25) is 4.68 Å². The van der Waals surface area contributed by atoms with Gasteiger partial charge in [0.1, 0.15) is 0 Å². The first kappa shape index (κ1) is 14.2. The van der Waals surface area contributed by atoms with E-state index in [4.69, 9.17) is 0 Å². The van der Waals surface area contributed by atoms with E-state index in [1.807, 2.05) is 4.68 Å². The van der Waals surface area contributed by atoms with Crippen molar-refractivity contribution in [1.29, 1.82) is 0 Å². The molecule has 0 radical (unpaired) electrons. The topological polar surface area (TPSA) is 29.9 Å². The maximum atomic E-state index is 4.57. The lowest BCUT2D eigenvalue weighted by atomic mass is 10.0. The number of aromatic nitrogens is 2. The minimum atomic E-state index is 0.462. The van der Waals surface area contributed by atoms with Gasteiger partial charge in [-0.1, -0.05) is 20.8 Å². The van der Waals surface area contributed by atoms with Crippen LogP contribution >= 0.6 is 0 Å². The Kier molecular flexibility index (Phi) is 5.69. The Bertz CT molecular complexity index is 315. The summed E-state index contributed by atoms with van der Waals surface area (Å²) in [4.78, 5) is 0. The SMILES string of the molecule is CC(CCc1ccn(C(C)C)n1)CNC(C)C. The van der Waals surface area contributed by atoms with E-state index < -0.39 is 0 Å². The molecule has 1 unspecified atom stereocenters. The van der Waals surface area contributed by atoms with Gasteiger partial charge in [0.2, 0.25) is 0 Å². The molecule has 0 aliphatic heterocycles. The molecule has 0 amide bonds. The van der Waals surface area contributed by atoms with Gasteiger partial charge in [-0.25, -0.2) is 0 Å². The minimum Gasteiger partial charge on any atom is -0.314 e. The Labute approximate surface area is 106 Å². The Hall–Kier alpha value is -0.830. The summed E-state index contributed by atoms with van der Waals surface area (Å²) in [6.45, 7) is 12.1. The highest BCUT2D eigenvalue weighted by atomic mass is 15.3. The van der Waals surface area contributed by atoms with Crippen LogP contribution in [0.3, 0.4) is 0 Å². The van der Waals surface area contributed by atoms with Crippen molar-refractivity contribution in [3.63, 3.8) is 0 Å². The highest BCUT2D eigenvalue weighted by Gasteiger charge is 2.06. The predicted octanol–water partition coefficient (Wildman–Crippen LogP) is 3.03. The zero-order chi connectivity index (χ0) is 12.8. The summed E-state index contributed by atoms with van der Waals surface area (Å²) in [5.41, 5.74) is 1.22. The van der Waals surface area contributed by atoms with Gasteiger partial charge in [-0.2, -0.15) is 5.10 Å². The molecule has 0 aliphatic rings. The molecule has 1 heterocycles. The van der Waals surface area contributed by atoms with E-state index in [9.17, 15) is 0 Å². The van der Waals surface area contributed by atoms with E-state index in [1.54, 1.807) is 0 Å². The molecule has 0 saturated carbocycles. The molecule has 1 aromatic heterocycles. The Morgan fingerprint density at radius 1 is 1.24 bits per heavy atom. The van der Waals surface area contributed by atoms with Crippen LogP contribution in [0, 0.1) is 5.92 Å². The predicted molar refractivity (Wildman–Crippen MR) is 73.2 cm³/mol. The molecule has 0 aliphatic carbocycles. The highest BCUT2D eigenvalue weighted by Crippen LogP contribution is 2.09. The van der Waals surface area contributed by atoms with E-state index in [1.165, 1.54) is 12.1 Å². The second-order valence-electron chi connectivity index (χ2n) is 5.59. The van der Waals surface area contributed by atoms with Gasteiger partial charge in [-0.05, 0) is 45.2 Å². The van der Waals surface area contributed by atoms with Gasteiger partial charge in [0, 0.05) is 18.3 Å². The normalized spacial score (nSPS) is 13.6. The van der Waals surface area contributed by atoms with Crippen molar-refractivity contribution in [2.75, 3.05) is 6.54 Å². The van der Waals surface area contributed by atoms with Crippen LogP contribution in [0.15, 0.2) is 12.3 Å². The highest BCUT2D eigenvalue weighted by molar-refractivity contribution is 4.99. The van der Waals surface area contributed by atoms with E-state index in [-0.39, 0.29) is 0 Å². The average Bonchev–Trinajstić information content (AvgIpc) is 2.72. The molecule has 17 heavy (non-hydrogen) atoms. The van der Waals surface area contributed by atoms with Crippen molar-refractivity contribution >= 4 is 0 Å². The van der Waals surface area contributed by atoms with Crippen molar-refractivity contribution in [3.05, 3.63) is 18.0 Å². The zero-order valence-electron chi connectivity index (χ0n) is 11.9. The van der Waals surface area contributed by atoms with Crippen LogP contribution in [-0.4, -0.2) is 22.4 Å². The maximum Gasteiger partial charge on any atom is 0.0624 e. The van der Waals surface area contributed by atoms with Crippen molar-refractivity contribution in [2.45, 2.75) is 59.5 Å². The summed E-state index contributed by atoms with van der Waals surface area (Å²) in [5.74, 6) is 0.710. The number of aryl methyl sites for hydroxylation is 1. The summed E-state index contributed by atoms with van der Waals surface area (Å²) in [6, 6.07) is 3.18. The first-order valence-corrected chi connectivity index (χ1v) is 6.76. The lowest BCUT2D eigenvalue weighted by Gasteiger charge is -2.14. The standard InChI is InChI=1S/C14H27N3/c1-11(2)15-10-13(5)6-7-14-8-9-17(16-14)12(3)4/h8-9,11-13,15H,6-7,10H2,1-5H3. The first-order valence-electron chi connectivity index (χ1n) is 6.76. The quantitative estimate of drug-likeness (QED) is 0.790. The molecular formula is C14H27N3. The summed E-state index contributed by atoms with van der Waals surface area (Å²) in [5, 5.41) is 8.05. The van der Waals surface area contributed by atoms with Crippen LogP contribution < -0.4 is 5.32 Å². The fourth-order valence-electron chi connectivity index (χ4n) is 1.73. The Morgan fingerprint density at radius 3 is 2.47 bits per heavy atom. The lowest BCUT2D eigenvalue weighted by molar-refractivity contribution is 0.449. The number of nitrogens with zero attached hydrogens (tertiary/aromatic N) is 2. The number of hydrogen-bond donors (Lipinski definition) is 1. The van der Waals surface area contributed by atoms with Gasteiger partial charge >= 0.3 is 0 Å². The van der Waals surface area contributed by atoms with E-state index in [0.29, 0.717) is 18.0 Å². The average molecular weight is 237 g/mol. The van der Waals surface area contributed by atoms with Gasteiger partial charge in [0.25, 0.3) is 0 Å². The molecule has 3 nitrogen and oxygen atoms in total. The van der Waals surface area contributed by atoms with Gasteiger partial charge in [-0.15, -0.1) is 0 Å². The van der Waals surface area contributed by atoms with E-state index in [0.717, 1.165) is 13.0 Å². The summed E-state index contributed by atoms with van der Waals surface area (Å²) >= 11 is 0. The van der Waals surface area contributed by atoms with Gasteiger partial charge < -0.3 is 5.32 Å². The fourth-order valence-corrected chi connectivity index (χ4v) is 1.73. The largest absolute Gasteiger partial charge is 0.314 e. The molecule has 1 N–H and O–H groups in total. The molecule has 0 saturated heterocycles. The third-order valence-electron chi connectivity index (χ3n) is 2.96. The van der Waals surface area contributed by atoms with Gasteiger partial charge in [0.15, 0.2) is 0 Å². The molecule has 0 fully saturated rings. The molecule has 0 spiro atoms. The molecular weight excluding hydrogens is 210 g/mol. The third kappa shape index (κ3) is 5.35. The van der Waals surface area contributed by atoms with Crippen LogP contribution in [-0.2, 0) is 6.42 Å². The molecule has 1 rings (SSSR count). The molecule has 0 bridgehead atoms. The second-order valence-corrected chi connectivity index (χ2v) is 5.59. The maximum absolute atomic E-state index is 4.57. The zero-order valence-corrected chi connectivity index (χ0v) is 11.9. The van der Waals surface area contributed by atoms with Crippen molar-refractivity contribution in [2.24, 2.45) is 5.92 Å². The van der Waals surface area contributed by atoms with E-state index >= 15 is 0 Å². The van der Waals surface area contributed by atoms with Crippen LogP contribution in [0.5, 0.6) is 0 Å². The van der Waals surface area contributed by atoms with E-state index in [2.05, 4.69) is 57.3 Å². The van der Waals surface area contributed by atoms with Crippen LogP contribution in [0.1, 0.15) is 52.8 Å². The second kappa shape index (κ2) is 6.80. The molecule has 3 heteroatoms. The van der Waals surface area contributed by atoms with Crippen LogP contribution in [0.25, 0.3) is 0 Å². The minimum absolute atomic E-state index is 0.462. The summed E-state index contributed by atoms with van der Waals surface area (Å²) in [7, 11) is 0. The smallest absolute Gasteiger partial charge is 0.0624 e. The third-order valence-corrected chi connectivity index (χ3v) is 2.96. The number of rotatable bonds is 7. The van der Waals surface area contributed by atoms with Gasteiger partial charge in [0.05, 0.1) is 5.69 Å². The molecule has 98 valence electrons. The number of nitrogens with one attached hydrogen (secondary N) is 1. The molecule has 1 aromatic rings. The van der Waals surface area contributed by atoms with Crippen LogP contribution in [0.2, 0.25) is 0 Å². The van der Waals surface area contributed by atoms with Crippen molar-refractivity contribution < 1.29 is 0 Å². The number of hydrogen-bond acceptors (Lipinski definition) is 2. The first-order chi connectivity index (χ1) is 7.99. The Morgan fingerprint density at radius 2 is 1.94 bits per heavy atom. The van der Waals surface area contributed by atoms with Crippen molar-refractivity contribution in [1.82, 2.24) is 15.1 Å². The Balaban J connectivity index is 2.29. The summed E-state index contributed by atoms with van der Waals surface area (Å²) in [6.07, 6.45) is 4.37. The monoisotopic (exact) mass is 237 g/mol. The molecule has 1 atom stereocenters. The fraction of sp³-hybridized carbons (Fsp3) is 0.786. The van der Waals surface area contributed by atoms with Crippen molar-refractivity contribution in [3.8, 4) is 0 Å². The molecule has 0 aromatic carbocycles.